The van der Waals surface area contributed by atoms with E-state index >= 15 is 0 Å². The number of ether oxygens (including phenoxy) is 1. The number of aromatic nitrogens is 1. The van der Waals surface area contributed by atoms with Crippen molar-refractivity contribution in [2.45, 2.75) is 13.3 Å². The number of fused-ring (bicyclic) bond motifs is 1. The fraction of sp³-hybridized carbons (Fsp3) is 0.176. The third-order valence-corrected chi connectivity index (χ3v) is 3.86. The van der Waals surface area contributed by atoms with E-state index in [4.69, 9.17) is 16.3 Å². The van der Waals surface area contributed by atoms with Crippen molar-refractivity contribution in [3.63, 3.8) is 0 Å². The van der Waals surface area contributed by atoms with Gasteiger partial charge < -0.3 is 9.84 Å². The summed E-state index contributed by atoms with van der Waals surface area (Å²) in [5.74, 6) is -0.314. The lowest BCUT2D eigenvalue weighted by Gasteiger charge is -2.09. The summed E-state index contributed by atoms with van der Waals surface area (Å²) in [5, 5.41) is 9.78. The lowest BCUT2D eigenvalue weighted by Crippen LogP contribution is -2.05. The van der Waals surface area contributed by atoms with Gasteiger partial charge in [0.05, 0.1) is 16.3 Å². The first kappa shape index (κ1) is 14.6. The zero-order chi connectivity index (χ0) is 15.7. The van der Waals surface area contributed by atoms with Gasteiger partial charge in [0.25, 0.3) is 0 Å². The molecule has 0 amide bonds. The molecule has 1 N–H and O–H groups in total. The number of nitrogens with zero attached hydrogens (tertiary/aromatic N) is 1. The zero-order valence-corrected chi connectivity index (χ0v) is 12.7. The molecule has 5 heteroatoms. The Labute approximate surface area is 133 Å². The summed E-state index contributed by atoms with van der Waals surface area (Å²) in [4.78, 5) is 15.4. The van der Waals surface area contributed by atoms with Gasteiger partial charge in [0, 0.05) is 12.6 Å². The number of aryl methyl sites for hydroxylation is 1. The summed E-state index contributed by atoms with van der Waals surface area (Å²) in [6, 6.07) is 7.14. The van der Waals surface area contributed by atoms with Crippen molar-refractivity contribution in [3.8, 4) is 5.75 Å². The molecule has 0 saturated heterocycles. The highest BCUT2D eigenvalue weighted by Crippen LogP contribution is 2.29. The van der Waals surface area contributed by atoms with E-state index in [2.05, 4.69) is 4.98 Å². The molecule has 0 atom stereocenters. The number of hydrogen-bond donors (Lipinski definition) is 1. The SMILES string of the molecule is Cc1ccc(OCC2=Cc3nccc(C(=O)O)c3C2)c(Cl)c1. The topological polar surface area (TPSA) is 59.4 Å². The quantitative estimate of drug-likeness (QED) is 0.933. The minimum Gasteiger partial charge on any atom is -0.488 e. The molecule has 1 aliphatic rings. The lowest BCUT2D eigenvalue weighted by molar-refractivity contribution is 0.0695. The van der Waals surface area contributed by atoms with Gasteiger partial charge in [-0.3, -0.25) is 4.98 Å². The van der Waals surface area contributed by atoms with Crippen molar-refractivity contribution in [2.24, 2.45) is 0 Å². The number of halogens is 1. The Bertz CT molecular complexity index is 783. The molecule has 0 unspecified atom stereocenters. The van der Waals surface area contributed by atoms with Crippen LogP contribution in [0.15, 0.2) is 36.0 Å². The van der Waals surface area contributed by atoms with Gasteiger partial charge in [-0.25, -0.2) is 4.79 Å². The van der Waals surface area contributed by atoms with Crippen molar-refractivity contribution in [2.75, 3.05) is 6.61 Å². The summed E-state index contributed by atoms with van der Waals surface area (Å²) in [6.07, 6.45) is 3.93. The highest BCUT2D eigenvalue weighted by atomic mass is 35.5. The molecule has 0 fully saturated rings. The Hall–Kier alpha value is -2.33. The third-order valence-electron chi connectivity index (χ3n) is 3.56. The molecule has 112 valence electrons. The maximum Gasteiger partial charge on any atom is 0.336 e. The van der Waals surface area contributed by atoms with Gasteiger partial charge >= 0.3 is 5.97 Å². The number of carboxylic acids is 1. The molecular weight excluding hydrogens is 302 g/mol. The van der Waals surface area contributed by atoms with E-state index in [0.29, 0.717) is 35.1 Å². The molecule has 0 saturated carbocycles. The number of rotatable bonds is 4. The van der Waals surface area contributed by atoms with Crippen LogP contribution in [0.4, 0.5) is 0 Å². The van der Waals surface area contributed by atoms with Crippen LogP contribution < -0.4 is 4.74 Å². The standard InChI is InChI=1S/C17H14ClNO3/c1-10-2-3-16(14(18)6-10)22-9-11-7-13-12(17(20)21)4-5-19-15(13)8-11/h2-6,8H,7,9H2,1H3,(H,20,21). The number of benzene rings is 1. The van der Waals surface area contributed by atoms with Crippen molar-refractivity contribution in [1.82, 2.24) is 4.98 Å². The molecule has 22 heavy (non-hydrogen) atoms. The van der Waals surface area contributed by atoms with Crippen LogP contribution in [0.1, 0.15) is 27.2 Å². The summed E-state index contributed by atoms with van der Waals surface area (Å²) in [7, 11) is 0. The summed E-state index contributed by atoms with van der Waals surface area (Å²) in [5.41, 5.74) is 3.79. The number of hydrogen-bond acceptors (Lipinski definition) is 3. The molecule has 1 heterocycles. The monoisotopic (exact) mass is 315 g/mol. The van der Waals surface area contributed by atoms with Gasteiger partial charge in [-0.05, 0) is 47.9 Å². The van der Waals surface area contributed by atoms with Gasteiger partial charge in [-0.1, -0.05) is 17.7 Å². The molecule has 0 radical (unpaired) electrons. The van der Waals surface area contributed by atoms with E-state index < -0.39 is 5.97 Å². The second kappa shape index (κ2) is 5.81. The van der Waals surface area contributed by atoms with Crippen molar-refractivity contribution < 1.29 is 14.6 Å². The number of aromatic carboxylic acids is 1. The van der Waals surface area contributed by atoms with Gasteiger partial charge in [0.2, 0.25) is 0 Å². The summed E-state index contributed by atoms with van der Waals surface area (Å²) >= 11 is 6.14. The Kier molecular flexibility index (Phi) is 3.86. The molecule has 2 aromatic rings. The van der Waals surface area contributed by atoms with E-state index in [9.17, 15) is 9.90 Å². The Balaban J connectivity index is 1.74. The number of pyridine rings is 1. The van der Waals surface area contributed by atoms with Crippen LogP contribution in [-0.2, 0) is 6.42 Å². The minimum absolute atomic E-state index is 0.296. The molecule has 4 nitrogen and oxygen atoms in total. The van der Waals surface area contributed by atoms with Crippen molar-refractivity contribution in [1.29, 1.82) is 0 Å². The van der Waals surface area contributed by atoms with Crippen LogP contribution >= 0.6 is 11.6 Å². The maximum absolute atomic E-state index is 11.2. The van der Waals surface area contributed by atoms with Crippen molar-refractivity contribution >= 4 is 23.6 Å². The molecule has 3 rings (SSSR count). The average molecular weight is 316 g/mol. The van der Waals surface area contributed by atoms with Gasteiger partial charge in [-0.15, -0.1) is 0 Å². The lowest BCUT2D eigenvalue weighted by atomic mass is 10.1. The smallest absolute Gasteiger partial charge is 0.336 e. The molecule has 0 spiro atoms. The summed E-state index contributed by atoms with van der Waals surface area (Å²) in [6.45, 7) is 2.32. The molecule has 1 aromatic heterocycles. The van der Waals surface area contributed by atoms with Crippen LogP contribution in [0, 0.1) is 6.92 Å². The van der Waals surface area contributed by atoms with E-state index in [1.165, 1.54) is 12.3 Å². The Morgan fingerprint density at radius 3 is 2.95 bits per heavy atom. The van der Waals surface area contributed by atoms with Crippen LogP contribution in [0.2, 0.25) is 5.02 Å². The largest absolute Gasteiger partial charge is 0.488 e. The van der Waals surface area contributed by atoms with E-state index in [-0.39, 0.29) is 0 Å². The number of carboxylic acid groups (broad SMARTS) is 1. The van der Waals surface area contributed by atoms with Gasteiger partial charge in [0.1, 0.15) is 12.4 Å². The van der Waals surface area contributed by atoms with Gasteiger partial charge in [0.15, 0.2) is 0 Å². The van der Waals surface area contributed by atoms with E-state index in [1.807, 2.05) is 31.2 Å². The van der Waals surface area contributed by atoms with Crippen LogP contribution in [0.5, 0.6) is 5.75 Å². The summed E-state index contributed by atoms with van der Waals surface area (Å²) < 4.78 is 5.73. The second-order valence-corrected chi connectivity index (χ2v) is 5.64. The average Bonchev–Trinajstić information content (AvgIpc) is 2.88. The fourth-order valence-corrected chi connectivity index (χ4v) is 2.77. The van der Waals surface area contributed by atoms with E-state index in [1.54, 1.807) is 0 Å². The van der Waals surface area contributed by atoms with Crippen LogP contribution in [0.3, 0.4) is 0 Å². The molecule has 0 bridgehead atoms. The Morgan fingerprint density at radius 2 is 2.23 bits per heavy atom. The first-order valence-corrected chi connectivity index (χ1v) is 7.22. The molecule has 0 aliphatic heterocycles. The first-order chi connectivity index (χ1) is 10.5. The first-order valence-electron chi connectivity index (χ1n) is 6.84. The van der Waals surface area contributed by atoms with E-state index in [0.717, 1.165) is 16.7 Å². The predicted molar refractivity (Wildman–Crippen MR) is 84.6 cm³/mol. The van der Waals surface area contributed by atoms with Crippen molar-refractivity contribution in [3.05, 3.63) is 63.4 Å². The molecule has 1 aliphatic carbocycles. The number of carbonyl (C=O) groups is 1. The second-order valence-electron chi connectivity index (χ2n) is 5.23. The molecule has 1 aromatic carbocycles. The maximum atomic E-state index is 11.2. The van der Waals surface area contributed by atoms with Crippen LogP contribution in [-0.4, -0.2) is 22.7 Å². The fourth-order valence-electron chi connectivity index (χ4n) is 2.48. The molecular formula is C17H14ClNO3. The zero-order valence-electron chi connectivity index (χ0n) is 12.0. The van der Waals surface area contributed by atoms with Crippen LogP contribution in [0.25, 0.3) is 6.08 Å². The third kappa shape index (κ3) is 2.83. The minimum atomic E-state index is -0.934. The normalized spacial score (nSPS) is 12.7. The highest BCUT2D eigenvalue weighted by Gasteiger charge is 2.21. The van der Waals surface area contributed by atoms with Gasteiger partial charge in [-0.2, -0.15) is 0 Å². The predicted octanol–water partition coefficient (Wildman–Crippen LogP) is 3.76. The highest BCUT2D eigenvalue weighted by molar-refractivity contribution is 6.32. The Morgan fingerprint density at radius 1 is 1.41 bits per heavy atom.